The number of carbonyl (C=O) groups is 1. The molecule has 29 heavy (non-hydrogen) atoms. The van der Waals surface area contributed by atoms with Crippen LogP contribution in [0.4, 0.5) is 5.69 Å². The Kier molecular flexibility index (Phi) is 9.39. The number of carbonyl (C=O) groups excluding carboxylic acids is 1. The van der Waals surface area contributed by atoms with Crippen LogP contribution in [0.3, 0.4) is 0 Å². The first kappa shape index (κ1) is 25.7. The molecule has 1 aromatic carbocycles. The fraction of sp³-hybridized carbons (Fsp3) is 0.500. The van der Waals surface area contributed by atoms with Crippen LogP contribution in [0.2, 0.25) is 0 Å². The van der Waals surface area contributed by atoms with Crippen LogP contribution in [0.1, 0.15) is 6.92 Å². The van der Waals surface area contributed by atoms with E-state index >= 15 is 0 Å². The Hall–Kier alpha value is -1.36. The van der Waals surface area contributed by atoms with Crippen molar-refractivity contribution in [2.75, 3.05) is 6.61 Å². The summed E-state index contributed by atoms with van der Waals surface area (Å²) in [5, 5.41) is 33.3. The minimum atomic E-state index is -5.08. The van der Waals surface area contributed by atoms with Crippen LogP contribution in [0.15, 0.2) is 24.3 Å². The van der Waals surface area contributed by atoms with Gasteiger partial charge in [-0.1, -0.05) is 0 Å². The molecular weight excluding hydrogens is 427 g/mol. The molecule has 2 unspecified atom stereocenters. The van der Waals surface area contributed by atoms with Crippen molar-refractivity contribution in [2.24, 2.45) is 0 Å². The van der Waals surface area contributed by atoms with Crippen molar-refractivity contribution in [1.82, 2.24) is 5.32 Å². The maximum absolute atomic E-state index is 11.4. The molecule has 0 aromatic heterocycles. The van der Waals surface area contributed by atoms with Crippen molar-refractivity contribution in [3.8, 4) is 5.75 Å². The van der Waals surface area contributed by atoms with Gasteiger partial charge in [-0.15, -0.1) is 0 Å². The molecule has 156 valence electrons. The van der Waals surface area contributed by atoms with Crippen molar-refractivity contribution in [2.45, 2.75) is 37.6 Å². The first-order valence-electron chi connectivity index (χ1n) is 7.78. The van der Waals surface area contributed by atoms with E-state index in [9.17, 15) is 38.1 Å². The van der Waals surface area contributed by atoms with Crippen LogP contribution in [0.5, 0.6) is 5.75 Å². The quantitative estimate of drug-likeness (QED) is 0.120. The van der Waals surface area contributed by atoms with Gasteiger partial charge in [-0.05, 0) is 12.1 Å². The summed E-state index contributed by atoms with van der Waals surface area (Å²) in [6.07, 6.45) is -6.29. The van der Waals surface area contributed by atoms with Gasteiger partial charge in [0.1, 0.15) is 30.1 Å². The van der Waals surface area contributed by atoms with E-state index < -0.39 is 58.5 Å². The first-order chi connectivity index (χ1) is 13.0. The van der Waals surface area contributed by atoms with Gasteiger partial charge >= 0.3 is 29.6 Å². The van der Waals surface area contributed by atoms with E-state index in [1.54, 1.807) is 0 Å². The van der Waals surface area contributed by atoms with Crippen molar-refractivity contribution in [3.05, 3.63) is 34.4 Å². The molecule has 1 fully saturated rings. The second kappa shape index (κ2) is 10.6. The van der Waals surface area contributed by atoms with E-state index in [0.717, 1.165) is 19.1 Å². The summed E-state index contributed by atoms with van der Waals surface area (Å²) in [4.78, 5) is 21.5. The normalized spacial score (nSPS) is 26.8. The van der Waals surface area contributed by atoms with Crippen molar-refractivity contribution >= 4 is 22.0 Å². The minimum absolute atomic E-state index is 0. The molecule has 0 spiro atoms. The van der Waals surface area contributed by atoms with E-state index in [1.165, 1.54) is 12.1 Å². The largest absolute Gasteiger partial charge is 1.00 e. The summed E-state index contributed by atoms with van der Waals surface area (Å²) in [5.41, 5.74) is -0.210. The monoisotopic (exact) mass is 444 g/mol. The minimum Gasteiger partial charge on any atom is -0.726 e. The van der Waals surface area contributed by atoms with E-state index in [-0.39, 0.29) is 41.0 Å². The SMILES string of the molecule is CC(=O)NC1[C@H](Oc2ccc([N+](=O)[O-])cc2)OC(COS(=O)(=O)[O-])[C@@H](O)[C@@H]1O.[Na+]. The number of nitrogens with zero attached hydrogens (tertiary/aromatic N) is 1. The number of non-ortho nitro benzene ring substituents is 1. The van der Waals surface area contributed by atoms with Crippen LogP contribution in [0, 0.1) is 10.1 Å². The number of aliphatic hydroxyl groups excluding tert-OH is 2. The van der Waals surface area contributed by atoms with Gasteiger partial charge in [0.05, 0.1) is 11.5 Å². The van der Waals surface area contributed by atoms with Gasteiger partial charge in [-0.3, -0.25) is 19.1 Å². The predicted octanol–water partition coefficient (Wildman–Crippen LogP) is -4.59. The number of hydrogen-bond donors (Lipinski definition) is 3. The van der Waals surface area contributed by atoms with E-state index in [1.807, 2.05) is 0 Å². The standard InChI is InChI=1S/C14H18N2O11S.Na/c1-7(17)15-11-13(19)12(18)10(6-25-28(22,23)24)27-14(11)26-9-4-2-8(3-5-9)16(20)21;/h2-5,10-14,18-19H,6H2,1H3,(H,15,17)(H,22,23,24);/q;+1/p-1/t10?,11?,12-,13-,14-;/m1./s1. The molecule has 0 saturated carbocycles. The zero-order valence-corrected chi connectivity index (χ0v) is 18.1. The van der Waals surface area contributed by atoms with Crippen LogP contribution >= 0.6 is 0 Å². The molecule has 5 atom stereocenters. The van der Waals surface area contributed by atoms with Crippen LogP contribution < -0.4 is 39.6 Å². The summed E-state index contributed by atoms with van der Waals surface area (Å²) < 4.78 is 46.7. The summed E-state index contributed by atoms with van der Waals surface area (Å²) >= 11 is 0. The third kappa shape index (κ3) is 7.44. The molecular formula is C14H17N2NaO11S. The van der Waals surface area contributed by atoms with E-state index in [4.69, 9.17) is 9.47 Å². The Labute approximate surface area is 187 Å². The Morgan fingerprint density at radius 2 is 1.86 bits per heavy atom. The smallest absolute Gasteiger partial charge is 0.726 e. The number of nitro groups is 1. The zero-order valence-electron chi connectivity index (χ0n) is 15.3. The van der Waals surface area contributed by atoms with Gasteiger partial charge in [0.15, 0.2) is 0 Å². The number of amides is 1. The number of ether oxygens (including phenoxy) is 2. The van der Waals surface area contributed by atoms with Gasteiger partial charge in [-0.25, -0.2) is 8.42 Å². The molecule has 1 heterocycles. The van der Waals surface area contributed by atoms with Gasteiger partial charge in [0, 0.05) is 19.1 Å². The maximum atomic E-state index is 11.4. The van der Waals surface area contributed by atoms with Crippen LogP contribution in [-0.2, 0) is 24.1 Å². The first-order valence-corrected chi connectivity index (χ1v) is 9.11. The third-order valence-corrected chi connectivity index (χ3v) is 4.17. The second-order valence-electron chi connectivity index (χ2n) is 5.81. The molecule has 1 aromatic rings. The number of benzene rings is 1. The molecule has 3 N–H and O–H groups in total. The Balaban J connectivity index is 0.00000420. The number of rotatable bonds is 7. The maximum Gasteiger partial charge on any atom is 1.00 e. The molecule has 15 heteroatoms. The Bertz CT molecular complexity index is 819. The number of hydrogen-bond acceptors (Lipinski definition) is 11. The van der Waals surface area contributed by atoms with Crippen molar-refractivity contribution in [1.29, 1.82) is 0 Å². The van der Waals surface area contributed by atoms with Crippen molar-refractivity contribution < 1.29 is 76.1 Å². The molecule has 2 rings (SSSR count). The Morgan fingerprint density at radius 3 is 2.34 bits per heavy atom. The fourth-order valence-corrected chi connectivity index (χ4v) is 2.79. The molecule has 0 bridgehead atoms. The summed E-state index contributed by atoms with van der Waals surface area (Å²) in [5.74, 6) is -0.528. The average Bonchev–Trinajstić information content (AvgIpc) is 2.59. The molecule has 0 aliphatic carbocycles. The third-order valence-electron chi connectivity index (χ3n) is 3.75. The van der Waals surface area contributed by atoms with E-state index in [0.29, 0.717) is 0 Å². The van der Waals surface area contributed by atoms with Gasteiger partial charge in [0.2, 0.25) is 22.6 Å². The van der Waals surface area contributed by atoms with Gasteiger partial charge in [0.25, 0.3) is 5.69 Å². The van der Waals surface area contributed by atoms with Crippen LogP contribution in [-0.4, -0.2) is 71.3 Å². The van der Waals surface area contributed by atoms with E-state index in [2.05, 4.69) is 9.50 Å². The molecule has 13 nitrogen and oxygen atoms in total. The zero-order chi connectivity index (χ0) is 21.1. The molecule has 0 radical (unpaired) electrons. The topological polar surface area (TPSA) is 198 Å². The second-order valence-corrected chi connectivity index (χ2v) is 6.86. The van der Waals surface area contributed by atoms with Gasteiger partial charge < -0.3 is 29.6 Å². The molecule has 1 amide bonds. The van der Waals surface area contributed by atoms with Crippen molar-refractivity contribution in [3.63, 3.8) is 0 Å². The molecule has 1 saturated heterocycles. The molecule has 1 aliphatic heterocycles. The number of nitrogens with one attached hydrogen (secondary N) is 1. The fourth-order valence-electron chi connectivity index (χ4n) is 2.49. The Morgan fingerprint density at radius 1 is 1.28 bits per heavy atom. The summed E-state index contributed by atoms with van der Waals surface area (Å²) in [6.45, 7) is 0.234. The summed E-state index contributed by atoms with van der Waals surface area (Å²) in [6, 6.07) is 3.47. The molecule has 1 aliphatic rings. The van der Waals surface area contributed by atoms with Gasteiger partial charge in [-0.2, -0.15) is 0 Å². The average molecular weight is 444 g/mol. The van der Waals surface area contributed by atoms with Crippen LogP contribution in [0.25, 0.3) is 0 Å². The predicted molar refractivity (Wildman–Crippen MR) is 87.7 cm³/mol. The number of aliphatic hydroxyl groups is 2. The number of nitro benzene ring substituents is 1. The summed E-state index contributed by atoms with van der Waals surface area (Å²) in [7, 11) is -5.08.